The maximum absolute atomic E-state index is 12.9. The van der Waals surface area contributed by atoms with Gasteiger partial charge in [-0.15, -0.1) is 0 Å². The molecule has 2 aliphatic rings. The smallest absolute Gasteiger partial charge is 0.251 e. The second-order valence-electron chi connectivity index (χ2n) is 7.35. The molecule has 1 unspecified atom stereocenters. The van der Waals surface area contributed by atoms with Crippen molar-refractivity contribution in [1.82, 2.24) is 9.62 Å². The molecular weight excluding hydrogens is 428 g/mol. The SMILES string of the molecule is CC(NC(=O)c1ccc(Cl)c(S(=O)(=O)N2CCCC2)c1)c1ccc2c(c1)OCCO2. The monoisotopic (exact) mass is 450 g/mol. The Hall–Kier alpha value is -2.29. The lowest BCUT2D eigenvalue weighted by atomic mass is 10.1. The van der Waals surface area contributed by atoms with Gasteiger partial charge in [-0.25, -0.2) is 8.42 Å². The molecule has 2 aromatic carbocycles. The first-order valence-corrected chi connectivity index (χ1v) is 11.7. The zero-order chi connectivity index (χ0) is 21.3. The van der Waals surface area contributed by atoms with Gasteiger partial charge in [0.2, 0.25) is 10.0 Å². The van der Waals surface area contributed by atoms with Gasteiger partial charge < -0.3 is 14.8 Å². The van der Waals surface area contributed by atoms with E-state index in [0.29, 0.717) is 37.8 Å². The van der Waals surface area contributed by atoms with Crippen molar-refractivity contribution in [2.24, 2.45) is 0 Å². The number of nitrogens with one attached hydrogen (secondary N) is 1. The molecule has 4 rings (SSSR count). The molecule has 1 N–H and O–H groups in total. The number of carbonyl (C=O) groups is 1. The molecule has 2 aromatic rings. The normalized spacial score (nSPS) is 17.5. The average molecular weight is 451 g/mol. The lowest BCUT2D eigenvalue weighted by Gasteiger charge is -2.21. The maximum Gasteiger partial charge on any atom is 0.251 e. The number of fused-ring (bicyclic) bond motifs is 1. The third-order valence-electron chi connectivity index (χ3n) is 5.29. The highest BCUT2D eigenvalue weighted by Gasteiger charge is 2.30. The second-order valence-corrected chi connectivity index (χ2v) is 9.67. The molecule has 160 valence electrons. The van der Waals surface area contributed by atoms with Gasteiger partial charge in [0.05, 0.1) is 11.1 Å². The molecule has 1 saturated heterocycles. The highest BCUT2D eigenvalue weighted by molar-refractivity contribution is 7.89. The summed E-state index contributed by atoms with van der Waals surface area (Å²) in [7, 11) is -3.73. The van der Waals surface area contributed by atoms with Crippen LogP contribution in [0.3, 0.4) is 0 Å². The van der Waals surface area contributed by atoms with Crippen molar-refractivity contribution < 1.29 is 22.7 Å². The molecule has 1 atom stereocenters. The van der Waals surface area contributed by atoms with Crippen LogP contribution < -0.4 is 14.8 Å². The van der Waals surface area contributed by atoms with Crippen molar-refractivity contribution >= 4 is 27.5 Å². The average Bonchev–Trinajstić information content (AvgIpc) is 3.29. The number of carbonyl (C=O) groups excluding carboxylic acids is 1. The zero-order valence-corrected chi connectivity index (χ0v) is 18.1. The third kappa shape index (κ3) is 4.12. The molecule has 1 fully saturated rings. The fourth-order valence-corrected chi connectivity index (χ4v) is 5.62. The van der Waals surface area contributed by atoms with Crippen LogP contribution in [0, 0.1) is 0 Å². The Kier molecular flexibility index (Phi) is 5.90. The number of hydrogen-bond donors (Lipinski definition) is 1. The van der Waals surface area contributed by atoms with E-state index in [1.807, 2.05) is 25.1 Å². The topological polar surface area (TPSA) is 84.9 Å². The largest absolute Gasteiger partial charge is 0.486 e. The van der Waals surface area contributed by atoms with Gasteiger partial charge in [0.15, 0.2) is 11.5 Å². The molecule has 0 aromatic heterocycles. The minimum Gasteiger partial charge on any atom is -0.486 e. The molecule has 1 amide bonds. The van der Waals surface area contributed by atoms with E-state index in [0.717, 1.165) is 18.4 Å². The fourth-order valence-electron chi connectivity index (χ4n) is 3.60. The Morgan fingerprint density at radius 3 is 2.50 bits per heavy atom. The number of sulfonamides is 1. The van der Waals surface area contributed by atoms with E-state index >= 15 is 0 Å². The molecule has 0 bridgehead atoms. The van der Waals surface area contributed by atoms with Crippen molar-refractivity contribution in [3.8, 4) is 11.5 Å². The zero-order valence-electron chi connectivity index (χ0n) is 16.6. The number of amides is 1. The molecular formula is C21H23ClN2O5S. The van der Waals surface area contributed by atoms with Gasteiger partial charge in [-0.05, 0) is 55.7 Å². The second kappa shape index (κ2) is 8.45. The summed E-state index contributed by atoms with van der Waals surface area (Å²) in [5.41, 5.74) is 1.09. The van der Waals surface area contributed by atoms with Crippen LogP contribution in [0.25, 0.3) is 0 Å². The minimum atomic E-state index is -3.73. The standard InChI is InChI=1S/C21H23ClN2O5S/c1-14(15-5-7-18-19(12-15)29-11-10-28-18)23-21(25)16-4-6-17(22)20(13-16)30(26,27)24-8-2-3-9-24/h4-7,12-14H,2-3,8-11H2,1H3,(H,23,25). The van der Waals surface area contributed by atoms with Gasteiger partial charge in [-0.3, -0.25) is 4.79 Å². The number of halogens is 1. The number of hydrogen-bond acceptors (Lipinski definition) is 5. The van der Waals surface area contributed by atoms with Crippen LogP contribution in [0.4, 0.5) is 0 Å². The lowest BCUT2D eigenvalue weighted by Crippen LogP contribution is -2.29. The first-order chi connectivity index (χ1) is 14.4. The minimum absolute atomic E-state index is 0.0364. The van der Waals surface area contributed by atoms with Crippen LogP contribution in [0.5, 0.6) is 11.5 Å². The summed E-state index contributed by atoms with van der Waals surface area (Å²) < 4.78 is 38.3. The van der Waals surface area contributed by atoms with Crippen LogP contribution in [0.2, 0.25) is 5.02 Å². The van der Waals surface area contributed by atoms with E-state index in [2.05, 4.69) is 5.32 Å². The van der Waals surface area contributed by atoms with E-state index < -0.39 is 10.0 Å². The summed E-state index contributed by atoms with van der Waals surface area (Å²) in [6.45, 7) is 3.78. The predicted molar refractivity (Wildman–Crippen MR) is 113 cm³/mol. The molecule has 2 aliphatic heterocycles. The van der Waals surface area contributed by atoms with Crippen LogP contribution in [-0.4, -0.2) is 44.9 Å². The summed E-state index contributed by atoms with van der Waals surface area (Å²) in [5.74, 6) is 0.940. The van der Waals surface area contributed by atoms with E-state index in [9.17, 15) is 13.2 Å². The summed E-state index contributed by atoms with van der Waals surface area (Å²) in [6.07, 6.45) is 1.65. The lowest BCUT2D eigenvalue weighted by molar-refractivity contribution is 0.0939. The number of rotatable bonds is 5. The van der Waals surface area contributed by atoms with Crippen molar-refractivity contribution in [3.63, 3.8) is 0 Å². The molecule has 2 heterocycles. The van der Waals surface area contributed by atoms with E-state index in [4.69, 9.17) is 21.1 Å². The number of nitrogens with zero attached hydrogens (tertiary/aromatic N) is 1. The van der Waals surface area contributed by atoms with Crippen LogP contribution in [0.15, 0.2) is 41.3 Å². The first kappa shape index (κ1) is 21.0. The fraction of sp³-hybridized carbons (Fsp3) is 0.381. The van der Waals surface area contributed by atoms with Crippen LogP contribution in [-0.2, 0) is 10.0 Å². The number of ether oxygens (including phenoxy) is 2. The molecule has 9 heteroatoms. The number of benzene rings is 2. The van der Waals surface area contributed by atoms with Gasteiger partial charge in [-0.1, -0.05) is 17.7 Å². The third-order valence-corrected chi connectivity index (χ3v) is 7.67. The van der Waals surface area contributed by atoms with E-state index in [1.165, 1.54) is 22.5 Å². The van der Waals surface area contributed by atoms with E-state index in [-0.39, 0.29) is 27.4 Å². The molecule has 30 heavy (non-hydrogen) atoms. The van der Waals surface area contributed by atoms with Crippen molar-refractivity contribution in [2.75, 3.05) is 26.3 Å². The Balaban J connectivity index is 1.53. The Morgan fingerprint density at radius 2 is 1.77 bits per heavy atom. The summed E-state index contributed by atoms with van der Waals surface area (Å²) in [4.78, 5) is 12.8. The maximum atomic E-state index is 12.9. The predicted octanol–water partition coefficient (Wildman–Crippen LogP) is 3.39. The van der Waals surface area contributed by atoms with E-state index in [1.54, 1.807) is 0 Å². The molecule has 0 spiro atoms. The van der Waals surface area contributed by atoms with Crippen LogP contribution >= 0.6 is 11.6 Å². The van der Waals surface area contributed by atoms with Crippen molar-refractivity contribution in [2.45, 2.75) is 30.7 Å². The Morgan fingerprint density at radius 1 is 1.07 bits per heavy atom. The first-order valence-electron chi connectivity index (χ1n) is 9.86. The van der Waals surface area contributed by atoms with Crippen LogP contribution in [0.1, 0.15) is 41.7 Å². The molecule has 0 aliphatic carbocycles. The molecule has 7 nitrogen and oxygen atoms in total. The van der Waals surface area contributed by atoms with Gasteiger partial charge in [0.1, 0.15) is 18.1 Å². The summed E-state index contributed by atoms with van der Waals surface area (Å²) >= 11 is 6.17. The van der Waals surface area contributed by atoms with Crippen molar-refractivity contribution in [3.05, 3.63) is 52.5 Å². The highest BCUT2D eigenvalue weighted by atomic mass is 35.5. The Labute approximate surface area is 181 Å². The van der Waals surface area contributed by atoms with Gasteiger partial charge in [0, 0.05) is 18.7 Å². The quantitative estimate of drug-likeness (QED) is 0.754. The summed E-state index contributed by atoms with van der Waals surface area (Å²) in [5, 5.41) is 3.01. The highest BCUT2D eigenvalue weighted by Crippen LogP contribution is 2.33. The van der Waals surface area contributed by atoms with Gasteiger partial charge in [0.25, 0.3) is 5.91 Å². The van der Waals surface area contributed by atoms with Gasteiger partial charge >= 0.3 is 0 Å². The molecule has 0 saturated carbocycles. The Bertz CT molecular complexity index is 1070. The molecule has 0 radical (unpaired) electrons. The van der Waals surface area contributed by atoms with Crippen molar-refractivity contribution in [1.29, 1.82) is 0 Å². The van der Waals surface area contributed by atoms with Gasteiger partial charge in [-0.2, -0.15) is 4.31 Å². The summed E-state index contributed by atoms with van der Waals surface area (Å²) in [6, 6.07) is 9.53.